The van der Waals surface area contributed by atoms with E-state index in [9.17, 15) is 9.59 Å². The van der Waals surface area contributed by atoms with Gasteiger partial charge in [0.05, 0.1) is 30.2 Å². The fraction of sp³-hybridized carbons (Fsp3) is 0.250. The summed E-state index contributed by atoms with van der Waals surface area (Å²) >= 11 is 0. The smallest absolute Gasteiger partial charge is 0.253 e. The molecule has 1 saturated heterocycles. The lowest BCUT2D eigenvalue weighted by atomic mass is 9.89. The van der Waals surface area contributed by atoms with Crippen LogP contribution in [0.2, 0.25) is 0 Å². The molecule has 1 atom stereocenters. The summed E-state index contributed by atoms with van der Waals surface area (Å²) < 4.78 is 6.15. The van der Waals surface area contributed by atoms with Crippen LogP contribution < -0.4 is 4.74 Å². The van der Waals surface area contributed by atoms with Crippen molar-refractivity contribution in [2.24, 2.45) is 0 Å². The number of carbonyl (C=O) groups excluding carboxylic acids is 2. The monoisotopic (exact) mass is 332 g/mol. The van der Waals surface area contributed by atoms with E-state index >= 15 is 0 Å². The molecule has 2 aliphatic rings. The molecule has 0 saturated carbocycles. The van der Waals surface area contributed by atoms with Gasteiger partial charge in [-0.3, -0.25) is 9.59 Å². The number of nitriles is 1. The van der Waals surface area contributed by atoms with Gasteiger partial charge in [-0.05, 0) is 36.4 Å². The lowest BCUT2D eigenvalue weighted by molar-refractivity contribution is 0.0428. The Hall–Kier alpha value is -3.13. The molecule has 1 spiro atoms. The Bertz CT molecular complexity index is 898. The fourth-order valence-corrected chi connectivity index (χ4v) is 3.56. The molecule has 5 nitrogen and oxygen atoms in total. The Kier molecular flexibility index (Phi) is 3.54. The van der Waals surface area contributed by atoms with Crippen molar-refractivity contribution in [1.82, 2.24) is 4.90 Å². The molecule has 5 heteroatoms. The van der Waals surface area contributed by atoms with E-state index in [2.05, 4.69) is 0 Å². The number of Topliss-reactive ketones (excluding diaryl/α,β-unsaturated/α-hetero) is 1. The second-order valence-electron chi connectivity index (χ2n) is 6.55. The number of benzene rings is 2. The Balaban J connectivity index is 1.54. The van der Waals surface area contributed by atoms with Crippen molar-refractivity contribution >= 4 is 11.7 Å². The first-order valence-electron chi connectivity index (χ1n) is 8.21. The normalized spacial score (nSPS) is 21.6. The van der Waals surface area contributed by atoms with Crippen molar-refractivity contribution in [2.75, 3.05) is 13.1 Å². The van der Waals surface area contributed by atoms with Crippen LogP contribution in [-0.4, -0.2) is 35.3 Å². The summed E-state index contributed by atoms with van der Waals surface area (Å²) in [6.07, 6.45) is 0.927. The lowest BCUT2D eigenvalue weighted by Crippen LogP contribution is -2.45. The fourth-order valence-electron chi connectivity index (χ4n) is 3.56. The third-order valence-corrected chi connectivity index (χ3v) is 4.86. The highest BCUT2D eigenvalue weighted by atomic mass is 16.5. The average molecular weight is 332 g/mol. The van der Waals surface area contributed by atoms with Crippen LogP contribution in [0, 0.1) is 11.3 Å². The predicted octanol–water partition coefficient (Wildman–Crippen LogP) is 2.81. The van der Waals surface area contributed by atoms with Gasteiger partial charge in [-0.2, -0.15) is 5.26 Å². The van der Waals surface area contributed by atoms with Gasteiger partial charge in [0.2, 0.25) is 0 Å². The van der Waals surface area contributed by atoms with Gasteiger partial charge in [-0.15, -0.1) is 0 Å². The molecule has 1 fully saturated rings. The van der Waals surface area contributed by atoms with Gasteiger partial charge in [-0.1, -0.05) is 12.1 Å². The van der Waals surface area contributed by atoms with E-state index in [1.807, 2.05) is 18.2 Å². The first-order valence-corrected chi connectivity index (χ1v) is 8.21. The van der Waals surface area contributed by atoms with Gasteiger partial charge in [-0.25, -0.2) is 0 Å². The van der Waals surface area contributed by atoms with Crippen molar-refractivity contribution in [2.45, 2.75) is 18.4 Å². The molecule has 0 radical (unpaired) electrons. The highest BCUT2D eigenvalue weighted by Gasteiger charge is 2.46. The molecule has 0 unspecified atom stereocenters. The van der Waals surface area contributed by atoms with Crippen molar-refractivity contribution in [3.63, 3.8) is 0 Å². The summed E-state index contributed by atoms with van der Waals surface area (Å²) in [5, 5.41) is 8.86. The minimum Gasteiger partial charge on any atom is -0.484 e. The van der Waals surface area contributed by atoms with E-state index in [1.54, 1.807) is 41.3 Å². The Morgan fingerprint density at radius 2 is 1.92 bits per heavy atom. The standard InChI is InChI=1S/C20H16N2O3/c21-12-14-5-7-15(8-6-14)19(24)22-10-9-20(13-22)11-17(23)16-3-1-2-4-18(16)25-20/h1-8H,9-11,13H2/t20-/m0/s1. The summed E-state index contributed by atoms with van der Waals surface area (Å²) in [7, 11) is 0. The molecule has 4 rings (SSSR count). The molecule has 2 aliphatic heterocycles. The van der Waals surface area contributed by atoms with E-state index in [1.165, 1.54) is 0 Å². The SMILES string of the molecule is N#Cc1ccc(C(=O)N2CC[C@]3(CC(=O)c4ccccc4O3)C2)cc1. The van der Waals surface area contributed by atoms with Crippen molar-refractivity contribution in [3.8, 4) is 11.8 Å². The Labute approximate surface area is 145 Å². The van der Waals surface area contributed by atoms with Gasteiger partial charge in [0.25, 0.3) is 5.91 Å². The molecule has 1 amide bonds. The van der Waals surface area contributed by atoms with E-state index in [4.69, 9.17) is 10.00 Å². The maximum Gasteiger partial charge on any atom is 0.253 e. The average Bonchev–Trinajstić information content (AvgIpc) is 3.04. The topological polar surface area (TPSA) is 70.4 Å². The molecule has 0 bridgehead atoms. The summed E-state index contributed by atoms with van der Waals surface area (Å²) in [6.45, 7) is 0.945. The van der Waals surface area contributed by atoms with E-state index in [0.29, 0.717) is 48.4 Å². The van der Waals surface area contributed by atoms with Crippen LogP contribution >= 0.6 is 0 Å². The molecule has 0 aromatic heterocycles. The minimum absolute atomic E-state index is 0.0644. The maximum absolute atomic E-state index is 12.7. The van der Waals surface area contributed by atoms with Gasteiger partial charge in [0, 0.05) is 18.5 Å². The summed E-state index contributed by atoms with van der Waals surface area (Å²) in [6, 6.07) is 15.9. The van der Waals surface area contributed by atoms with Gasteiger partial charge in [0.1, 0.15) is 11.4 Å². The number of fused-ring (bicyclic) bond motifs is 1. The molecular formula is C20H16N2O3. The number of hydrogen-bond donors (Lipinski definition) is 0. The van der Waals surface area contributed by atoms with Crippen molar-refractivity contribution < 1.29 is 14.3 Å². The van der Waals surface area contributed by atoms with Gasteiger partial charge < -0.3 is 9.64 Å². The number of rotatable bonds is 1. The lowest BCUT2D eigenvalue weighted by Gasteiger charge is -2.34. The molecule has 0 aliphatic carbocycles. The Morgan fingerprint density at radius 3 is 2.68 bits per heavy atom. The van der Waals surface area contributed by atoms with Crippen LogP contribution in [0.25, 0.3) is 0 Å². The largest absolute Gasteiger partial charge is 0.484 e. The number of para-hydroxylation sites is 1. The number of amides is 1. The highest BCUT2D eigenvalue weighted by molar-refractivity contribution is 6.00. The van der Waals surface area contributed by atoms with Crippen LogP contribution in [0.4, 0.5) is 0 Å². The predicted molar refractivity (Wildman–Crippen MR) is 90.4 cm³/mol. The number of ether oxygens (including phenoxy) is 1. The summed E-state index contributed by atoms with van der Waals surface area (Å²) in [4.78, 5) is 26.9. The van der Waals surface area contributed by atoms with E-state index < -0.39 is 5.60 Å². The first kappa shape index (κ1) is 15.4. The van der Waals surface area contributed by atoms with Crippen molar-refractivity contribution in [3.05, 3.63) is 65.2 Å². The number of carbonyl (C=O) groups is 2. The molecule has 2 aromatic rings. The van der Waals surface area contributed by atoms with Gasteiger partial charge >= 0.3 is 0 Å². The zero-order valence-electron chi connectivity index (χ0n) is 13.6. The quantitative estimate of drug-likeness (QED) is 0.805. The van der Waals surface area contributed by atoms with Crippen LogP contribution in [0.1, 0.15) is 39.1 Å². The molecule has 124 valence electrons. The van der Waals surface area contributed by atoms with Crippen LogP contribution in [0.5, 0.6) is 5.75 Å². The second kappa shape index (κ2) is 5.75. The number of nitrogens with zero attached hydrogens (tertiary/aromatic N) is 2. The third-order valence-electron chi connectivity index (χ3n) is 4.86. The maximum atomic E-state index is 12.7. The Morgan fingerprint density at radius 1 is 1.16 bits per heavy atom. The van der Waals surface area contributed by atoms with E-state index in [0.717, 1.165) is 0 Å². The zero-order chi connectivity index (χ0) is 17.4. The molecular weight excluding hydrogens is 316 g/mol. The highest BCUT2D eigenvalue weighted by Crippen LogP contribution is 2.38. The number of likely N-dealkylation sites (tertiary alicyclic amines) is 1. The number of hydrogen-bond acceptors (Lipinski definition) is 4. The molecule has 2 aromatic carbocycles. The van der Waals surface area contributed by atoms with Crippen LogP contribution in [0.3, 0.4) is 0 Å². The molecule has 2 heterocycles. The molecule has 25 heavy (non-hydrogen) atoms. The van der Waals surface area contributed by atoms with E-state index in [-0.39, 0.29) is 11.7 Å². The minimum atomic E-state index is -0.631. The summed E-state index contributed by atoms with van der Waals surface area (Å²) in [5.41, 5.74) is 1.05. The summed E-state index contributed by atoms with van der Waals surface area (Å²) in [5.74, 6) is 0.567. The van der Waals surface area contributed by atoms with Crippen LogP contribution in [-0.2, 0) is 0 Å². The molecule has 0 N–H and O–H groups in total. The third kappa shape index (κ3) is 2.66. The second-order valence-corrected chi connectivity index (χ2v) is 6.55. The first-order chi connectivity index (χ1) is 12.1. The zero-order valence-corrected chi connectivity index (χ0v) is 13.6. The van der Waals surface area contributed by atoms with Gasteiger partial charge in [0.15, 0.2) is 5.78 Å². The van der Waals surface area contributed by atoms with Crippen LogP contribution in [0.15, 0.2) is 48.5 Å². The number of ketones is 1. The van der Waals surface area contributed by atoms with Crippen molar-refractivity contribution in [1.29, 1.82) is 5.26 Å².